The van der Waals surface area contributed by atoms with Gasteiger partial charge in [-0.1, -0.05) is 0 Å². The van der Waals surface area contributed by atoms with E-state index in [1.165, 1.54) is 48.7 Å². The van der Waals surface area contributed by atoms with Crippen LogP contribution in [0, 0.1) is 18.3 Å². The molecule has 5 N–H and O–H groups in total. The zero-order valence-electron chi connectivity index (χ0n) is 13.7. The Labute approximate surface area is 150 Å². The molecule has 0 aliphatic heterocycles. The summed E-state index contributed by atoms with van der Waals surface area (Å²) in [7, 11) is -3.79. The summed E-state index contributed by atoms with van der Waals surface area (Å²) in [5.74, 6) is -0.559. The number of sulfonamides is 1. The van der Waals surface area contributed by atoms with Crippen molar-refractivity contribution in [3.63, 3.8) is 0 Å². The van der Waals surface area contributed by atoms with E-state index in [0.29, 0.717) is 16.9 Å². The van der Waals surface area contributed by atoms with Gasteiger partial charge in [-0.05, 0) is 55.0 Å². The molecule has 0 spiro atoms. The number of hydrogen-bond acceptors (Lipinski definition) is 6. The predicted octanol–water partition coefficient (Wildman–Crippen LogP) is 1.81. The maximum absolute atomic E-state index is 12.2. The Bertz CT molecular complexity index is 1010. The first-order valence-corrected chi connectivity index (χ1v) is 8.86. The normalized spacial score (nSPS) is 11.5. The summed E-state index contributed by atoms with van der Waals surface area (Å²) in [5, 5.41) is 28.9. The van der Waals surface area contributed by atoms with Gasteiger partial charge in [0.2, 0.25) is 10.0 Å². The molecule has 0 atom stereocenters. The topological polar surface area (TPSA) is 145 Å². The SMILES string of the molecule is Cc1cc(O)ccc1NC(=O)/C(C#N)=C\Nc1ccc(S(N)(=O)=O)cc1. The first-order chi connectivity index (χ1) is 12.2. The monoisotopic (exact) mass is 372 g/mol. The second-order valence-electron chi connectivity index (χ2n) is 5.34. The van der Waals surface area contributed by atoms with Crippen LogP contribution in [0.4, 0.5) is 11.4 Å². The molecule has 1 amide bonds. The molecule has 0 aliphatic rings. The van der Waals surface area contributed by atoms with Crippen molar-refractivity contribution in [1.29, 1.82) is 5.26 Å². The number of aromatic hydroxyl groups is 1. The first kappa shape index (κ1) is 19.0. The number of nitriles is 1. The molecule has 0 unspecified atom stereocenters. The van der Waals surface area contributed by atoms with Crippen LogP contribution in [0.2, 0.25) is 0 Å². The van der Waals surface area contributed by atoms with Crippen LogP contribution < -0.4 is 15.8 Å². The minimum Gasteiger partial charge on any atom is -0.508 e. The van der Waals surface area contributed by atoms with Crippen molar-refractivity contribution in [1.82, 2.24) is 0 Å². The highest BCUT2D eigenvalue weighted by Gasteiger charge is 2.11. The minimum absolute atomic E-state index is 0.0481. The van der Waals surface area contributed by atoms with Gasteiger partial charge in [-0.15, -0.1) is 0 Å². The maximum atomic E-state index is 12.2. The second kappa shape index (κ2) is 7.69. The van der Waals surface area contributed by atoms with E-state index in [-0.39, 0.29) is 16.2 Å². The molecule has 9 heteroatoms. The molecule has 0 saturated heterocycles. The van der Waals surface area contributed by atoms with E-state index in [9.17, 15) is 18.3 Å². The molecule has 2 rings (SSSR count). The Morgan fingerprint density at radius 1 is 1.23 bits per heavy atom. The molecule has 134 valence electrons. The molecule has 26 heavy (non-hydrogen) atoms. The molecular weight excluding hydrogens is 356 g/mol. The number of hydrogen-bond donors (Lipinski definition) is 4. The summed E-state index contributed by atoms with van der Waals surface area (Å²) in [6.07, 6.45) is 1.21. The van der Waals surface area contributed by atoms with Crippen LogP contribution in [0.25, 0.3) is 0 Å². The number of phenolic OH excluding ortho intramolecular Hbond substituents is 1. The molecule has 0 heterocycles. The van der Waals surface area contributed by atoms with Gasteiger partial charge in [0.05, 0.1) is 4.90 Å². The lowest BCUT2D eigenvalue weighted by Crippen LogP contribution is -2.15. The van der Waals surface area contributed by atoms with Gasteiger partial charge in [0, 0.05) is 17.6 Å². The molecule has 8 nitrogen and oxygen atoms in total. The number of amides is 1. The quantitative estimate of drug-likeness (QED) is 0.358. The van der Waals surface area contributed by atoms with Crippen LogP contribution in [0.5, 0.6) is 5.75 Å². The van der Waals surface area contributed by atoms with Crippen molar-refractivity contribution >= 4 is 27.3 Å². The number of aryl methyl sites for hydroxylation is 1. The van der Waals surface area contributed by atoms with Gasteiger partial charge < -0.3 is 15.7 Å². The van der Waals surface area contributed by atoms with Gasteiger partial charge in [0.25, 0.3) is 5.91 Å². The minimum atomic E-state index is -3.79. The van der Waals surface area contributed by atoms with E-state index < -0.39 is 15.9 Å². The van der Waals surface area contributed by atoms with Crippen molar-refractivity contribution in [2.24, 2.45) is 5.14 Å². The van der Waals surface area contributed by atoms with Crippen LogP contribution in [0.1, 0.15) is 5.56 Å². The third kappa shape index (κ3) is 4.83. The zero-order valence-corrected chi connectivity index (χ0v) is 14.5. The third-order valence-electron chi connectivity index (χ3n) is 3.39. The number of nitrogens with zero attached hydrogens (tertiary/aromatic N) is 1. The van der Waals surface area contributed by atoms with Gasteiger partial charge in [0.15, 0.2) is 0 Å². The van der Waals surface area contributed by atoms with Crippen LogP contribution in [0.15, 0.2) is 59.1 Å². The summed E-state index contributed by atoms with van der Waals surface area (Å²) in [5.41, 5.74) is 1.39. The fourth-order valence-corrected chi connectivity index (χ4v) is 2.54. The lowest BCUT2D eigenvalue weighted by Gasteiger charge is -2.08. The maximum Gasteiger partial charge on any atom is 0.267 e. The number of carbonyl (C=O) groups excluding carboxylic acids is 1. The van der Waals surface area contributed by atoms with Gasteiger partial charge in [-0.3, -0.25) is 4.79 Å². The second-order valence-corrected chi connectivity index (χ2v) is 6.90. The molecule has 0 fully saturated rings. The highest BCUT2D eigenvalue weighted by atomic mass is 32.2. The molecule has 0 saturated carbocycles. The Kier molecular flexibility index (Phi) is 5.61. The number of carbonyl (C=O) groups is 1. The zero-order chi connectivity index (χ0) is 19.3. The van der Waals surface area contributed by atoms with Crippen LogP contribution in [-0.4, -0.2) is 19.4 Å². The van der Waals surface area contributed by atoms with E-state index >= 15 is 0 Å². The standard InChI is InChI=1S/C17H16N4O4S/c1-11-8-14(22)4-7-16(11)21-17(23)12(9-18)10-20-13-2-5-15(6-3-13)26(19,24)25/h2-8,10,20,22H,1H3,(H,21,23)(H2,19,24,25)/b12-10-. The lowest BCUT2D eigenvalue weighted by molar-refractivity contribution is -0.112. The smallest absolute Gasteiger partial charge is 0.267 e. The highest BCUT2D eigenvalue weighted by molar-refractivity contribution is 7.89. The van der Waals surface area contributed by atoms with E-state index in [1.807, 2.05) is 0 Å². The fourth-order valence-electron chi connectivity index (χ4n) is 2.02. The van der Waals surface area contributed by atoms with Gasteiger partial charge >= 0.3 is 0 Å². The highest BCUT2D eigenvalue weighted by Crippen LogP contribution is 2.20. The number of benzene rings is 2. The molecule has 0 bridgehead atoms. The van der Waals surface area contributed by atoms with Crippen molar-refractivity contribution in [3.05, 3.63) is 59.8 Å². The molecular formula is C17H16N4O4S. The van der Waals surface area contributed by atoms with Crippen LogP contribution >= 0.6 is 0 Å². The number of rotatable bonds is 5. The summed E-state index contributed by atoms with van der Waals surface area (Å²) in [6, 6.07) is 11.7. The Morgan fingerprint density at radius 2 is 1.88 bits per heavy atom. The third-order valence-corrected chi connectivity index (χ3v) is 4.32. The van der Waals surface area contributed by atoms with E-state index in [2.05, 4.69) is 10.6 Å². The van der Waals surface area contributed by atoms with Crippen LogP contribution in [0.3, 0.4) is 0 Å². The molecule has 0 aliphatic carbocycles. The predicted molar refractivity (Wildman–Crippen MR) is 96.6 cm³/mol. The summed E-state index contributed by atoms with van der Waals surface area (Å²) in [6.45, 7) is 1.70. The number of anilines is 2. The molecule has 2 aromatic rings. The first-order valence-electron chi connectivity index (χ1n) is 7.31. The number of nitrogens with two attached hydrogens (primary N) is 1. The largest absolute Gasteiger partial charge is 0.508 e. The number of phenols is 1. The number of nitrogens with one attached hydrogen (secondary N) is 2. The fraction of sp³-hybridized carbons (Fsp3) is 0.0588. The van der Waals surface area contributed by atoms with Crippen molar-refractivity contribution < 1.29 is 18.3 Å². The summed E-state index contributed by atoms with van der Waals surface area (Å²) < 4.78 is 22.4. The Balaban J connectivity index is 2.12. The van der Waals surface area contributed by atoms with Gasteiger partial charge in [-0.2, -0.15) is 5.26 Å². The summed E-state index contributed by atoms with van der Waals surface area (Å²) in [4.78, 5) is 12.1. The summed E-state index contributed by atoms with van der Waals surface area (Å²) >= 11 is 0. The molecule has 2 aromatic carbocycles. The number of primary sulfonamides is 1. The van der Waals surface area contributed by atoms with E-state index in [1.54, 1.807) is 13.0 Å². The average Bonchev–Trinajstić information content (AvgIpc) is 2.57. The van der Waals surface area contributed by atoms with Gasteiger partial charge in [0.1, 0.15) is 17.4 Å². The van der Waals surface area contributed by atoms with E-state index in [0.717, 1.165) is 0 Å². The van der Waals surface area contributed by atoms with Crippen molar-refractivity contribution in [3.8, 4) is 11.8 Å². The average molecular weight is 372 g/mol. The van der Waals surface area contributed by atoms with Crippen molar-refractivity contribution in [2.75, 3.05) is 10.6 Å². The van der Waals surface area contributed by atoms with Gasteiger partial charge in [-0.25, -0.2) is 13.6 Å². The molecule has 0 aromatic heterocycles. The van der Waals surface area contributed by atoms with Crippen molar-refractivity contribution in [2.45, 2.75) is 11.8 Å². The van der Waals surface area contributed by atoms with E-state index in [4.69, 9.17) is 10.4 Å². The Morgan fingerprint density at radius 3 is 2.42 bits per heavy atom. The Hall–Kier alpha value is -3.35. The lowest BCUT2D eigenvalue weighted by atomic mass is 10.2. The molecule has 0 radical (unpaired) electrons. The van der Waals surface area contributed by atoms with Crippen LogP contribution in [-0.2, 0) is 14.8 Å².